The maximum absolute atomic E-state index is 12.4. The molecule has 78 valence electrons. The Hall–Kier alpha value is -1.42. The fraction of sp³-hybridized carbons (Fsp3) is 0.200. The van der Waals surface area contributed by atoms with Gasteiger partial charge in [-0.3, -0.25) is 0 Å². The summed E-state index contributed by atoms with van der Waals surface area (Å²) in [5.74, 6) is 0.667. The van der Waals surface area contributed by atoms with E-state index in [9.17, 15) is 4.39 Å². The van der Waals surface area contributed by atoms with Crippen LogP contribution in [0.3, 0.4) is 0 Å². The monoisotopic (exact) mass is 226 g/mol. The molecule has 2 rings (SSSR count). The van der Waals surface area contributed by atoms with Gasteiger partial charge >= 0.3 is 0 Å². The van der Waals surface area contributed by atoms with Crippen molar-refractivity contribution in [2.24, 2.45) is 0 Å². The molecule has 0 unspecified atom stereocenters. The molecule has 0 N–H and O–H groups in total. The van der Waals surface area contributed by atoms with E-state index in [-0.39, 0.29) is 10.8 Å². The molecule has 0 bridgehead atoms. The summed E-state index contributed by atoms with van der Waals surface area (Å²) in [6, 6.07) is 5.17. The molecule has 15 heavy (non-hydrogen) atoms. The quantitative estimate of drug-likeness (QED) is 0.790. The first-order valence-electron chi connectivity index (χ1n) is 4.30. The van der Waals surface area contributed by atoms with E-state index in [2.05, 4.69) is 9.97 Å². The zero-order valence-corrected chi connectivity index (χ0v) is 8.75. The molecule has 0 saturated heterocycles. The minimum Gasteiger partial charge on any atom is -0.497 e. The number of methoxy groups -OCH3 is 1. The van der Waals surface area contributed by atoms with E-state index in [4.69, 9.17) is 16.3 Å². The number of benzene rings is 1. The molecule has 0 saturated carbocycles. The number of fused-ring (bicyclic) bond motifs is 1. The summed E-state index contributed by atoms with van der Waals surface area (Å²) in [6.45, 7) is -0.714. The van der Waals surface area contributed by atoms with E-state index in [0.717, 1.165) is 0 Å². The van der Waals surface area contributed by atoms with Crippen LogP contribution < -0.4 is 4.74 Å². The summed E-state index contributed by atoms with van der Waals surface area (Å²) in [5.41, 5.74) is 1.36. The molecule has 1 aromatic carbocycles. The lowest BCUT2D eigenvalue weighted by atomic mass is 10.3. The lowest BCUT2D eigenvalue weighted by Crippen LogP contribution is -1.93. The smallest absolute Gasteiger partial charge is 0.153 e. The lowest BCUT2D eigenvalue weighted by Gasteiger charge is -2.03. The van der Waals surface area contributed by atoms with E-state index >= 15 is 0 Å². The van der Waals surface area contributed by atoms with Crippen molar-refractivity contribution in [3.63, 3.8) is 0 Å². The average molecular weight is 227 g/mol. The predicted molar refractivity (Wildman–Crippen MR) is 55.9 cm³/mol. The standard InChI is InChI=1S/C10H8ClFN2O/c1-15-6-2-3-7-8(4-6)14-10(11)9(5-12)13-7/h2-4H,5H2,1H3. The van der Waals surface area contributed by atoms with E-state index in [1.807, 2.05) is 0 Å². The molecule has 1 heterocycles. The Balaban J connectivity index is 2.65. The van der Waals surface area contributed by atoms with Crippen LogP contribution >= 0.6 is 11.6 Å². The number of nitrogens with zero attached hydrogens (tertiary/aromatic N) is 2. The van der Waals surface area contributed by atoms with Crippen molar-refractivity contribution < 1.29 is 9.13 Å². The van der Waals surface area contributed by atoms with Crippen molar-refractivity contribution >= 4 is 22.6 Å². The average Bonchev–Trinajstić information content (AvgIpc) is 2.27. The fourth-order valence-corrected chi connectivity index (χ4v) is 1.44. The van der Waals surface area contributed by atoms with Gasteiger partial charge in [-0.2, -0.15) is 0 Å². The van der Waals surface area contributed by atoms with Crippen molar-refractivity contribution in [1.29, 1.82) is 0 Å². The summed E-state index contributed by atoms with van der Waals surface area (Å²) < 4.78 is 17.5. The van der Waals surface area contributed by atoms with Crippen LogP contribution in [0.5, 0.6) is 5.75 Å². The van der Waals surface area contributed by atoms with Crippen LogP contribution in [0, 0.1) is 0 Å². The molecule has 0 aliphatic rings. The topological polar surface area (TPSA) is 35.0 Å². The number of alkyl halides is 1. The SMILES string of the molecule is COc1ccc2nc(CF)c(Cl)nc2c1. The summed E-state index contributed by atoms with van der Waals surface area (Å²) in [5, 5.41) is 0.0956. The van der Waals surface area contributed by atoms with Gasteiger partial charge < -0.3 is 4.74 Å². The van der Waals surface area contributed by atoms with Crippen molar-refractivity contribution in [3.8, 4) is 5.75 Å². The fourth-order valence-electron chi connectivity index (χ4n) is 1.26. The number of hydrogen-bond acceptors (Lipinski definition) is 3. The number of halogens is 2. The normalized spacial score (nSPS) is 10.6. The summed E-state index contributed by atoms with van der Waals surface area (Å²) >= 11 is 5.74. The third-order valence-corrected chi connectivity index (χ3v) is 2.32. The molecular formula is C10H8ClFN2O. The first-order valence-corrected chi connectivity index (χ1v) is 4.68. The van der Waals surface area contributed by atoms with Crippen molar-refractivity contribution in [2.45, 2.75) is 6.67 Å². The van der Waals surface area contributed by atoms with Crippen molar-refractivity contribution in [2.75, 3.05) is 7.11 Å². The highest BCUT2D eigenvalue weighted by atomic mass is 35.5. The van der Waals surface area contributed by atoms with Gasteiger partial charge in [-0.05, 0) is 12.1 Å². The summed E-state index contributed by atoms with van der Waals surface area (Å²) in [4.78, 5) is 8.08. The van der Waals surface area contributed by atoms with E-state index in [0.29, 0.717) is 16.8 Å². The Bertz CT molecular complexity index is 504. The molecular weight excluding hydrogens is 219 g/mol. The molecule has 2 aromatic rings. The van der Waals surface area contributed by atoms with Gasteiger partial charge in [-0.1, -0.05) is 11.6 Å². The van der Waals surface area contributed by atoms with Crippen LogP contribution in [0.1, 0.15) is 5.69 Å². The summed E-state index contributed by atoms with van der Waals surface area (Å²) in [6.07, 6.45) is 0. The molecule has 0 atom stereocenters. The molecule has 0 fully saturated rings. The molecule has 0 aliphatic carbocycles. The summed E-state index contributed by atoms with van der Waals surface area (Å²) in [7, 11) is 1.56. The van der Waals surface area contributed by atoms with Crippen LogP contribution in [0.2, 0.25) is 5.15 Å². The molecule has 1 aromatic heterocycles. The molecule has 0 aliphatic heterocycles. The number of ether oxygens (including phenoxy) is 1. The Morgan fingerprint density at radius 1 is 1.33 bits per heavy atom. The molecule has 3 nitrogen and oxygen atoms in total. The number of rotatable bonds is 2. The number of aromatic nitrogens is 2. The Morgan fingerprint density at radius 3 is 2.80 bits per heavy atom. The van der Waals surface area contributed by atoms with Gasteiger partial charge in [-0.25, -0.2) is 14.4 Å². The minimum atomic E-state index is -0.714. The molecule has 5 heteroatoms. The lowest BCUT2D eigenvalue weighted by molar-refractivity contribution is 0.415. The van der Waals surface area contributed by atoms with Crippen molar-refractivity contribution in [3.05, 3.63) is 29.0 Å². The zero-order chi connectivity index (χ0) is 10.8. The third kappa shape index (κ3) is 1.85. The van der Waals surface area contributed by atoms with Crippen LogP contribution in [-0.2, 0) is 6.67 Å². The molecule has 0 radical (unpaired) electrons. The molecule has 0 amide bonds. The second-order valence-electron chi connectivity index (χ2n) is 2.95. The Labute approximate surface area is 90.9 Å². The van der Waals surface area contributed by atoms with Gasteiger partial charge in [-0.15, -0.1) is 0 Å². The van der Waals surface area contributed by atoms with Crippen LogP contribution in [-0.4, -0.2) is 17.1 Å². The second kappa shape index (κ2) is 3.98. The first kappa shape index (κ1) is 10.1. The first-order chi connectivity index (χ1) is 7.24. The van der Waals surface area contributed by atoms with E-state index < -0.39 is 6.67 Å². The van der Waals surface area contributed by atoms with Gasteiger partial charge in [0.25, 0.3) is 0 Å². The predicted octanol–water partition coefficient (Wildman–Crippen LogP) is 2.76. The van der Waals surface area contributed by atoms with E-state index in [1.165, 1.54) is 0 Å². The largest absolute Gasteiger partial charge is 0.497 e. The van der Waals surface area contributed by atoms with Crippen LogP contribution in [0.15, 0.2) is 18.2 Å². The highest BCUT2D eigenvalue weighted by Gasteiger charge is 2.06. The van der Waals surface area contributed by atoms with E-state index in [1.54, 1.807) is 25.3 Å². The Morgan fingerprint density at radius 2 is 2.13 bits per heavy atom. The minimum absolute atomic E-state index is 0.0956. The van der Waals surface area contributed by atoms with Crippen LogP contribution in [0.25, 0.3) is 11.0 Å². The number of hydrogen-bond donors (Lipinski definition) is 0. The van der Waals surface area contributed by atoms with Crippen molar-refractivity contribution in [1.82, 2.24) is 9.97 Å². The van der Waals surface area contributed by atoms with Gasteiger partial charge in [0.2, 0.25) is 0 Å². The van der Waals surface area contributed by atoms with Gasteiger partial charge in [0.05, 0.1) is 18.1 Å². The Kier molecular flexibility index (Phi) is 2.68. The third-order valence-electron chi connectivity index (χ3n) is 2.02. The highest BCUT2D eigenvalue weighted by Crippen LogP contribution is 2.21. The maximum atomic E-state index is 12.4. The zero-order valence-electron chi connectivity index (χ0n) is 8.00. The second-order valence-corrected chi connectivity index (χ2v) is 3.31. The van der Waals surface area contributed by atoms with Gasteiger partial charge in [0, 0.05) is 6.07 Å². The van der Waals surface area contributed by atoms with Gasteiger partial charge in [0.15, 0.2) is 5.15 Å². The van der Waals surface area contributed by atoms with Gasteiger partial charge in [0.1, 0.15) is 18.1 Å². The molecule has 0 spiro atoms. The maximum Gasteiger partial charge on any atom is 0.153 e. The van der Waals surface area contributed by atoms with Crippen LogP contribution in [0.4, 0.5) is 4.39 Å². The highest BCUT2D eigenvalue weighted by molar-refractivity contribution is 6.30.